The van der Waals surface area contributed by atoms with Gasteiger partial charge in [0.1, 0.15) is 0 Å². The molecule has 2 N–H and O–H groups in total. The van der Waals surface area contributed by atoms with Gasteiger partial charge in [0.2, 0.25) is 0 Å². The quantitative estimate of drug-likeness (QED) is 0.453. The molecule has 0 amide bonds. The van der Waals surface area contributed by atoms with E-state index in [0.29, 0.717) is 36.5 Å². The first-order valence-electron chi connectivity index (χ1n) is 14.5. The van der Waals surface area contributed by atoms with E-state index in [2.05, 4.69) is 31.3 Å². The van der Waals surface area contributed by atoms with Gasteiger partial charge in [-0.25, -0.2) is 0 Å². The van der Waals surface area contributed by atoms with Gasteiger partial charge in [0.25, 0.3) is 0 Å². The lowest BCUT2D eigenvalue weighted by atomic mass is 9.48. The van der Waals surface area contributed by atoms with E-state index >= 15 is 0 Å². The lowest BCUT2D eigenvalue weighted by Gasteiger charge is -2.57. The van der Waals surface area contributed by atoms with Crippen LogP contribution in [0.25, 0.3) is 0 Å². The van der Waals surface area contributed by atoms with Gasteiger partial charge in [-0.1, -0.05) is 19.9 Å². The predicted octanol–water partition coefficient (Wildman–Crippen LogP) is 6.79. The number of benzene rings is 1. The Kier molecular flexibility index (Phi) is 7.21. The second kappa shape index (κ2) is 10.1. The summed E-state index contributed by atoms with van der Waals surface area (Å²) >= 11 is 0. The Morgan fingerprint density at radius 2 is 1.91 bits per heavy atom. The summed E-state index contributed by atoms with van der Waals surface area (Å²) in [4.78, 5) is 0. The van der Waals surface area contributed by atoms with Crippen molar-refractivity contribution in [3.8, 4) is 6.07 Å². The lowest BCUT2D eigenvalue weighted by molar-refractivity contribution is -0.128. The van der Waals surface area contributed by atoms with Crippen LogP contribution in [0.5, 0.6) is 0 Å². The number of ether oxygens (including phenoxy) is 1. The van der Waals surface area contributed by atoms with Crippen LogP contribution < -0.4 is 5.32 Å². The fraction of sp³-hybridized carbons (Fsp3) is 0.774. The highest BCUT2D eigenvalue weighted by Gasteiger charge is 2.58. The molecule has 192 valence electrons. The van der Waals surface area contributed by atoms with Crippen LogP contribution in [0.1, 0.15) is 90.5 Å². The summed E-state index contributed by atoms with van der Waals surface area (Å²) in [5, 5.41) is 24.3. The fourth-order valence-electron chi connectivity index (χ4n) is 9.47. The van der Waals surface area contributed by atoms with Crippen LogP contribution in [-0.2, 0) is 4.74 Å². The number of nitriles is 1. The minimum absolute atomic E-state index is 0.416. The molecule has 4 fully saturated rings. The molecule has 4 saturated carbocycles. The molecule has 0 heterocycles. The minimum atomic E-state index is -0.589. The molecule has 4 heteroatoms. The molecule has 1 aromatic rings. The summed E-state index contributed by atoms with van der Waals surface area (Å²) in [5.74, 6) is 4.78. The number of anilines is 1. The molecule has 0 radical (unpaired) electrons. The van der Waals surface area contributed by atoms with Crippen molar-refractivity contribution in [1.82, 2.24) is 0 Å². The van der Waals surface area contributed by atoms with Crippen molar-refractivity contribution in [3.05, 3.63) is 29.8 Å². The monoisotopic (exact) mass is 478 g/mol. The molecule has 35 heavy (non-hydrogen) atoms. The average Bonchev–Trinajstić information content (AvgIpc) is 3.23. The van der Waals surface area contributed by atoms with Gasteiger partial charge < -0.3 is 15.2 Å². The second-order valence-corrected chi connectivity index (χ2v) is 12.6. The van der Waals surface area contributed by atoms with E-state index in [4.69, 9.17) is 4.74 Å². The van der Waals surface area contributed by atoms with Crippen molar-refractivity contribution in [2.45, 2.75) is 96.6 Å². The highest BCUT2D eigenvalue weighted by molar-refractivity contribution is 5.50. The zero-order chi connectivity index (χ0) is 24.6. The Hall–Kier alpha value is -1.57. The highest BCUT2D eigenvalue weighted by Crippen LogP contribution is 2.65. The van der Waals surface area contributed by atoms with Crippen molar-refractivity contribution in [2.24, 2.45) is 40.9 Å². The van der Waals surface area contributed by atoms with E-state index in [1.165, 1.54) is 44.9 Å². The summed E-state index contributed by atoms with van der Waals surface area (Å²) in [6.07, 6.45) is 12.3. The van der Waals surface area contributed by atoms with E-state index in [1.807, 2.05) is 25.1 Å². The number of rotatable bonds is 7. The Balaban J connectivity index is 1.28. The van der Waals surface area contributed by atoms with Crippen molar-refractivity contribution in [2.75, 3.05) is 18.5 Å². The topological polar surface area (TPSA) is 65.3 Å². The standard InChI is InChI=1S/C31H46N2O2/c1-4-29(33-23-8-6-7-21(17-23)19-32)28-12-11-27-26-10-9-22-18-31(34,20-35-5-2)16-14-24(22)25(26)13-15-30(27,28)3/h6-8,17,22,24-29,33-34H,4-5,9-16,18,20H2,1-3H3/t22-,24+,25-,26-,27+,28?,29-,30+,31-/m1/s1. The summed E-state index contributed by atoms with van der Waals surface area (Å²) < 4.78 is 5.66. The molecular weight excluding hydrogens is 432 g/mol. The van der Waals surface area contributed by atoms with Crippen molar-refractivity contribution in [1.29, 1.82) is 5.26 Å². The summed E-state index contributed by atoms with van der Waals surface area (Å²) in [5.41, 5.74) is 1.66. The van der Waals surface area contributed by atoms with E-state index in [0.717, 1.165) is 54.2 Å². The maximum Gasteiger partial charge on any atom is 0.0992 e. The van der Waals surface area contributed by atoms with Gasteiger partial charge in [0.15, 0.2) is 0 Å². The molecule has 0 saturated heterocycles. The van der Waals surface area contributed by atoms with Crippen molar-refractivity contribution in [3.63, 3.8) is 0 Å². The van der Waals surface area contributed by atoms with Crippen molar-refractivity contribution >= 4 is 5.69 Å². The summed E-state index contributed by atoms with van der Waals surface area (Å²) in [6.45, 7) is 8.18. The predicted molar refractivity (Wildman–Crippen MR) is 141 cm³/mol. The third kappa shape index (κ3) is 4.64. The molecule has 4 aliphatic carbocycles. The van der Waals surface area contributed by atoms with Crippen LogP contribution in [0.15, 0.2) is 24.3 Å². The maximum absolute atomic E-state index is 11.2. The Morgan fingerprint density at radius 1 is 1.09 bits per heavy atom. The van der Waals surface area contributed by atoms with Crippen LogP contribution >= 0.6 is 0 Å². The van der Waals surface area contributed by atoms with Gasteiger partial charge in [-0.3, -0.25) is 0 Å². The van der Waals surface area contributed by atoms with Gasteiger partial charge in [-0.2, -0.15) is 5.26 Å². The highest BCUT2D eigenvalue weighted by atomic mass is 16.5. The van der Waals surface area contributed by atoms with Crippen LogP contribution in [0.4, 0.5) is 5.69 Å². The van der Waals surface area contributed by atoms with Gasteiger partial charge in [-0.15, -0.1) is 0 Å². The van der Waals surface area contributed by atoms with E-state index in [-0.39, 0.29) is 0 Å². The molecule has 0 spiro atoms. The Labute approximate surface area is 212 Å². The summed E-state index contributed by atoms with van der Waals surface area (Å²) in [7, 11) is 0. The fourth-order valence-corrected chi connectivity index (χ4v) is 9.47. The first kappa shape index (κ1) is 25.1. The molecule has 0 aliphatic heterocycles. The zero-order valence-electron chi connectivity index (χ0n) is 22.1. The number of aliphatic hydroxyl groups is 1. The van der Waals surface area contributed by atoms with E-state index in [1.54, 1.807) is 0 Å². The maximum atomic E-state index is 11.2. The van der Waals surface area contributed by atoms with Crippen LogP contribution in [-0.4, -0.2) is 30.0 Å². The third-order valence-electron chi connectivity index (χ3n) is 11.0. The van der Waals surface area contributed by atoms with Gasteiger partial charge in [0, 0.05) is 18.3 Å². The number of hydrogen-bond donors (Lipinski definition) is 2. The van der Waals surface area contributed by atoms with Crippen LogP contribution in [0.3, 0.4) is 0 Å². The molecule has 9 atom stereocenters. The molecule has 5 rings (SSSR count). The molecule has 0 bridgehead atoms. The number of nitrogens with one attached hydrogen (secondary N) is 1. The second-order valence-electron chi connectivity index (χ2n) is 12.6. The molecule has 4 aliphatic rings. The Morgan fingerprint density at radius 3 is 2.69 bits per heavy atom. The zero-order valence-corrected chi connectivity index (χ0v) is 22.1. The van der Waals surface area contributed by atoms with Gasteiger partial charge in [0.05, 0.1) is 23.8 Å². The average molecular weight is 479 g/mol. The Bertz CT molecular complexity index is 927. The first-order valence-corrected chi connectivity index (χ1v) is 14.5. The van der Waals surface area contributed by atoms with Crippen molar-refractivity contribution < 1.29 is 9.84 Å². The van der Waals surface area contributed by atoms with Gasteiger partial charge in [-0.05, 0) is 130 Å². The number of fused-ring (bicyclic) bond motifs is 5. The SMILES string of the molecule is CCOC[C@@]1(O)CC[C@H]2[C@H](CC[C@@H]3[C@@H]2CC[C@]2(C)C([C@@H](CC)Nc4cccc(C#N)c4)CC[C@@H]32)C1. The molecular formula is C31H46N2O2. The third-order valence-corrected chi connectivity index (χ3v) is 11.0. The molecule has 1 aromatic carbocycles. The van der Waals surface area contributed by atoms with Crippen LogP contribution in [0.2, 0.25) is 0 Å². The van der Waals surface area contributed by atoms with Gasteiger partial charge >= 0.3 is 0 Å². The molecule has 1 unspecified atom stereocenters. The van der Waals surface area contributed by atoms with E-state index in [9.17, 15) is 10.4 Å². The normalized spacial score (nSPS) is 41.2. The smallest absolute Gasteiger partial charge is 0.0992 e. The lowest BCUT2D eigenvalue weighted by Crippen LogP contribution is -2.52. The first-order chi connectivity index (χ1) is 16.9. The van der Waals surface area contributed by atoms with Crippen LogP contribution in [0, 0.1) is 52.3 Å². The summed E-state index contributed by atoms with van der Waals surface area (Å²) in [6, 6.07) is 10.8. The number of hydrogen-bond acceptors (Lipinski definition) is 4. The largest absolute Gasteiger partial charge is 0.387 e. The molecule has 4 nitrogen and oxygen atoms in total. The molecule has 0 aromatic heterocycles. The minimum Gasteiger partial charge on any atom is -0.387 e. The number of nitrogens with zero attached hydrogens (tertiary/aromatic N) is 1. The van der Waals surface area contributed by atoms with E-state index < -0.39 is 5.60 Å².